The Hall–Kier alpha value is -1.80. The van der Waals surface area contributed by atoms with E-state index in [1.165, 1.54) is 0 Å². The van der Waals surface area contributed by atoms with E-state index in [9.17, 15) is 19.5 Å². The molecule has 202 valence electrons. The summed E-state index contributed by atoms with van der Waals surface area (Å²) in [6.45, 7) is 21.0. The molecule has 8 heteroatoms. The third-order valence-corrected chi connectivity index (χ3v) is 10.2. The fourth-order valence-electron chi connectivity index (χ4n) is 7.26. The number of aliphatic hydroxyl groups is 1. The monoisotopic (exact) mass is 519 g/mol. The lowest BCUT2D eigenvalue weighted by molar-refractivity contribution is -0.147. The zero-order valence-corrected chi connectivity index (χ0v) is 24.0. The minimum atomic E-state index is -0.726. The first-order valence-electron chi connectivity index (χ1n) is 13.0. The standard InChI is InChI=1S/C28H45N3O4S/c1-10-14-29(9)22(33)19-20-23(34)30(16-17-32)21(28(20)13-12-27(19,8)36-28)24(35)31(15-11-2)26(6,7)18-25(3,4)5/h10-11,19-21,32H,1-2,12-18H2,3-9H3/t19-,20-,21?,27+,28?/m0/s1. The molecule has 3 rings (SSSR count). The van der Waals surface area contributed by atoms with Gasteiger partial charge in [0.2, 0.25) is 17.7 Å². The molecule has 2 bridgehead atoms. The van der Waals surface area contributed by atoms with Crippen LogP contribution in [-0.2, 0) is 14.4 Å². The van der Waals surface area contributed by atoms with E-state index < -0.39 is 32.9 Å². The number of aliphatic hydroxyl groups excluding tert-OH is 1. The third-order valence-electron chi connectivity index (χ3n) is 8.17. The van der Waals surface area contributed by atoms with Crippen LogP contribution in [0.3, 0.4) is 0 Å². The zero-order valence-electron chi connectivity index (χ0n) is 23.2. The van der Waals surface area contributed by atoms with Crippen molar-refractivity contribution < 1.29 is 19.5 Å². The fraction of sp³-hybridized carbons (Fsp3) is 0.750. The summed E-state index contributed by atoms with van der Waals surface area (Å²) in [6.07, 6.45) is 5.65. The Morgan fingerprint density at radius 2 is 1.75 bits per heavy atom. The second-order valence-electron chi connectivity index (χ2n) is 12.8. The van der Waals surface area contributed by atoms with Crippen molar-refractivity contribution in [1.82, 2.24) is 14.7 Å². The summed E-state index contributed by atoms with van der Waals surface area (Å²) >= 11 is 1.66. The van der Waals surface area contributed by atoms with Crippen molar-refractivity contribution in [2.45, 2.75) is 81.9 Å². The van der Waals surface area contributed by atoms with Crippen LogP contribution in [0, 0.1) is 17.3 Å². The van der Waals surface area contributed by atoms with Gasteiger partial charge in [-0.25, -0.2) is 0 Å². The van der Waals surface area contributed by atoms with Crippen LogP contribution >= 0.6 is 11.8 Å². The molecule has 3 aliphatic heterocycles. The first-order valence-corrected chi connectivity index (χ1v) is 13.8. The average Bonchev–Trinajstić information content (AvgIpc) is 3.31. The van der Waals surface area contributed by atoms with Crippen molar-refractivity contribution in [3.63, 3.8) is 0 Å². The van der Waals surface area contributed by atoms with E-state index in [0.717, 1.165) is 12.8 Å². The van der Waals surface area contributed by atoms with E-state index in [2.05, 4.69) is 54.7 Å². The second kappa shape index (κ2) is 9.82. The molecule has 0 aromatic heterocycles. The van der Waals surface area contributed by atoms with Crippen molar-refractivity contribution in [2.75, 3.05) is 33.3 Å². The van der Waals surface area contributed by atoms with Crippen molar-refractivity contribution in [3.05, 3.63) is 25.3 Å². The minimum Gasteiger partial charge on any atom is -0.395 e. The van der Waals surface area contributed by atoms with Crippen LogP contribution in [0.15, 0.2) is 25.3 Å². The predicted molar refractivity (Wildman–Crippen MR) is 145 cm³/mol. The number of β-amino-alcohol motifs (C(OH)–C–C–N with tert-alkyl or cyclic N) is 1. The lowest BCUT2D eigenvalue weighted by atomic mass is 9.66. The van der Waals surface area contributed by atoms with Gasteiger partial charge in [0.05, 0.1) is 23.2 Å². The smallest absolute Gasteiger partial charge is 0.247 e. The SMILES string of the molecule is C=CCN(C)C(=O)[C@@H]1[C@H]2C(=O)N(CCO)C(C(=O)N(CC=C)C(C)(C)CC(C)(C)C)C23CC[C@@]1(C)S3. The van der Waals surface area contributed by atoms with Crippen LogP contribution < -0.4 is 0 Å². The zero-order chi connectivity index (χ0) is 27.3. The molecule has 2 unspecified atom stereocenters. The minimum absolute atomic E-state index is 0.0123. The van der Waals surface area contributed by atoms with E-state index in [1.807, 2.05) is 4.90 Å². The van der Waals surface area contributed by atoms with E-state index in [-0.39, 0.29) is 36.3 Å². The highest BCUT2D eigenvalue weighted by molar-refractivity contribution is 8.02. The van der Waals surface area contributed by atoms with Crippen molar-refractivity contribution in [2.24, 2.45) is 17.3 Å². The van der Waals surface area contributed by atoms with Gasteiger partial charge in [-0.05, 0) is 45.4 Å². The Morgan fingerprint density at radius 1 is 1.14 bits per heavy atom. The first kappa shape index (κ1) is 28.8. The fourth-order valence-corrected chi connectivity index (χ4v) is 9.60. The maximum absolute atomic E-state index is 14.5. The Balaban J connectivity index is 2.09. The van der Waals surface area contributed by atoms with E-state index in [4.69, 9.17) is 0 Å². The Kier molecular flexibility index (Phi) is 7.85. The molecule has 1 spiro atoms. The molecule has 1 N–H and O–H groups in total. The van der Waals surface area contributed by atoms with Gasteiger partial charge in [0, 0.05) is 37.0 Å². The first-order chi connectivity index (χ1) is 16.6. The van der Waals surface area contributed by atoms with E-state index in [0.29, 0.717) is 19.5 Å². The average molecular weight is 520 g/mol. The summed E-state index contributed by atoms with van der Waals surface area (Å²) in [7, 11) is 1.74. The van der Waals surface area contributed by atoms with Crippen molar-refractivity contribution >= 4 is 29.5 Å². The molecule has 0 aromatic rings. The quantitative estimate of drug-likeness (QED) is 0.448. The third kappa shape index (κ3) is 4.64. The second-order valence-corrected chi connectivity index (χ2v) is 14.7. The van der Waals surface area contributed by atoms with Gasteiger partial charge >= 0.3 is 0 Å². The van der Waals surface area contributed by atoms with Crippen LogP contribution in [-0.4, -0.2) is 91.9 Å². The topological polar surface area (TPSA) is 81.2 Å². The van der Waals surface area contributed by atoms with Gasteiger partial charge in [0.15, 0.2) is 0 Å². The van der Waals surface area contributed by atoms with Crippen LogP contribution in [0.25, 0.3) is 0 Å². The molecule has 5 atom stereocenters. The summed E-state index contributed by atoms with van der Waals surface area (Å²) in [6, 6.07) is -0.726. The van der Waals surface area contributed by atoms with Crippen molar-refractivity contribution in [3.8, 4) is 0 Å². The van der Waals surface area contributed by atoms with E-state index in [1.54, 1.807) is 40.8 Å². The summed E-state index contributed by atoms with van der Waals surface area (Å²) in [5.74, 6) is -1.47. The number of nitrogens with zero attached hydrogens (tertiary/aromatic N) is 3. The van der Waals surface area contributed by atoms with Gasteiger partial charge in [0.25, 0.3) is 0 Å². The highest BCUT2D eigenvalue weighted by Gasteiger charge is 2.77. The van der Waals surface area contributed by atoms with Crippen LogP contribution in [0.4, 0.5) is 0 Å². The molecule has 3 heterocycles. The normalized spacial score (nSPS) is 31.4. The Labute approximate surface area is 221 Å². The molecule has 36 heavy (non-hydrogen) atoms. The lowest BCUT2D eigenvalue weighted by Crippen LogP contribution is -2.60. The van der Waals surface area contributed by atoms with Crippen LogP contribution in [0.5, 0.6) is 0 Å². The van der Waals surface area contributed by atoms with Gasteiger partial charge < -0.3 is 19.8 Å². The van der Waals surface area contributed by atoms with Gasteiger partial charge in [-0.2, -0.15) is 0 Å². The number of thioether (sulfide) groups is 1. The van der Waals surface area contributed by atoms with Gasteiger partial charge in [-0.15, -0.1) is 24.9 Å². The molecule has 7 nitrogen and oxygen atoms in total. The maximum Gasteiger partial charge on any atom is 0.247 e. The number of amides is 3. The summed E-state index contributed by atoms with van der Waals surface area (Å²) in [5.41, 5.74) is -0.488. The molecule has 3 saturated heterocycles. The Bertz CT molecular complexity index is 928. The van der Waals surface area contributed by atoms with Crippen LogP contribution in [0.2, 0.25) is 0 Å². The van der Waals surface area contributed by atoms with Gasteiger partial charge in [0.1, 0.15) is 6.04 Å². The number of likely N-dealkylation sites (tertiary alicyclic amines) is 1. The molecular formula is C28H45N3O4S. The molecular weight excluding hydrogens is 474 g/mol. The van der Waals surface area contributed by atoms with Crippen molar-refractivity contribution in [1.29, 1.82) is 0 Å². The van der Waals surface area contributed by atoms with Gasteiger partial charge in [-0.1, -0.05) is 32.9 Å². The largest absolute Gasteiger partial charge is 0.395 e. The maximum atomic E-state index is 14.5. The number of likely N-dealkylation sites (N-methyl/N-ethyl adjacent to an activating group) is 1. The van der Waals surface area contributed by atoms with E-state index >= 15 is 0 Å². The highest BCUT2D eigenvalue weighted by Crippen LogP contribution is 2.71. The molecule has 0 radical (unpaired) electrons. The Morgan fingerprint density at radius 3 is 2.28 bits per heavy atom. The summed E-state index contributed by atoms with van der Waals surface area (Å²) < 4.78 is -1.11. The summed E-state index contributed by atoms with van der Waals surface area (Å²) in [5, 5.41) is 9.88. The predicted octanol–water partition coefficient (Wildman–Crippen LogP) is 3.33. The molecule has 0 saturated carbocycles. The number of hydrogen-bond donors (Lipinski definition) is 1. The lowest BCUT2D eigenvalue weighted by Gasteiger charge is -2.46. The molecule has 0 aliphatic carbocycles. The van der Waals surface area contributed by atoms with Crippen LogP contribution in [0.1, 0.15) is 60.8 Å². The number of rotatable bonds is 10. The molecule has 3 fully saturated rings. The number of carbonyl (C=O) groups excluding carboxylic acids is 3. The van der Waals surface area contributed by atoms with Gasteiger partial charge in [-0.3, -0.25) is 14.4 Å². The number of hydrogen-bond acceptors (Lipinski definition) is 5. The number of fused-ring (bicyclic) bond motifs is 1. The molecule has 3 amide bonds. The molecule has 0 aromatic carbocycles. The highest BCUT2D eigenvalue weighted by atomic mass is 32.2. The summed E-state index contributed by atoms with van der Waals surface area (Å²) in [4.78, 5) is 47.2. The number of carbonyl (C=O) groups is 3. The molecule has 3 aliphatic rings.